The van der Waals surface area contributed by atoms with E-state index in [0.29, 0.717) is 11.3 Å². The summed E-state index contributed by atoms with van der Waals surface area (Å²) >= 11 is 0. The monoisotopic (exact) mass is 414 g/mol. The topological polar surface area (TPSA) is 93.5 Å². The van der Waals surface area contributed by atoms with E-state index in [0.717, 1.165) is 15.7 Å². The average Bonchev–Trinajstić information content (AvgIpc) is 3.13. The summed E-state index contributed by atoms with van der Waals surface area (Å²) in [6.45, 7) is 1.94. The summed E-state index contributed by atoms with van der Waals surface area (Å²) in [5.41, 5.74) is 2.50. The molecule has 1 amide bonds. The van der Waals surface area contributed by atoms with E-state index in [1.165, 1.54) is 39.4 Å². The molecule has 0 saturated heterocycles. The molecule has 0 unspecified atom stereocenters. The quantitative estimate of drug-likeness (QED) is 0.669. The second kappa shape index (κ2) is 8.06. The van der Waals surface area contributed by atoms with Gasteiger partial charge in [-0.25, -0.2) is 17.4 Å². The van der Waals surface area contributed by atoms with Crippen LogP contribution in [-0.2, 0) is 10.0 Å². The first-order chi connectivity index (χ1) is 13.7. The third kappa shape index (κ3) is 4.15. The number of carbonyl (C=O) groups excluding carboxylic acids is 1. The summed E-state index contributed by atoms with van der Waals surface area (Å²) in [6.07, 6.45) is 1.71. The number of carbonyl (C=O) groups is 1. The molecule has 1 heterocycles. The number of hydrogen-bond acceptors (Lipinski definition) is 5. The molecule has 1 N–H and O–H groups in total. The van der Waals surface area contributed by atoms with Gasteiger partial charge in [0.1, 0.15) is 5.75 Å². The van der Waals surface area contributed by atoms with Crippen molar-refractivity contribution >= 4 is 21.6 Å². The number of nitrogens with zero attached hydrogens (tertiary/aromatic N) is 3. The maximum absolute atomic E-state index is 12.7. The largest absolute Gasteiger partial charge is 0.495 e. The Bertz CT molecular complexity index is 1140. The molecule has 3 rings (SSSR count). The minimum atomic E-state index is -3.64. The van der Waals surface area contributed by atoms with Gasteiger partial charge in [0.25, 0.3) is 5.91 Å². The van der Waals surface area contributed by atoms with Gasteiger partial charge >= 0.3 is 0 Å². The minimum absolute atomic E-state index is 0.0584. The van der Waals surface area contributed by atoms with E-state index >= 15 is 0 Å². The summed E-state index contributed by atoms with van der Waals surface area (Å²) in [5, 5.41) is 6.96. The van der Waals surface area contributed by atoms with Crippen LogP contribution in [0.4, 0.5) is 5.69 Å². The lowest BCUT2D eigenvalue weighted by Crippen LogP contribution is -2.22. The molecule has 2 aromatic carbocycles. The maximum atomic E-state index is 12.7. The molecule has 0 fully saturated rings. The molecular formula is C20H22N4O4S. The van der Waals surface area contributed by atoms with Crippen molar-refractivity contribution in [3.05, 3.63) is 66.0 Å². The number of methoxy groups -OCH3 is 1. The molecule has 152 valence electrons. The third-order valence-corrected chi connectivity index (χ3v) is 6.21. The van der Waals surface area contributed by atoms with Gasteiger partial charge in [0.05, 0.1) is 23.4 Å². The fraction of sp³-hybridized carbons (Fsp3) is 0.200. The van der Waals surface area contributed by atoms with Crippen LogP contribution < -0.4 is 10.1 Å². The number of rotatable bonds is 6. The van der Waals surface area contributed by atoms with E-state index in [1.54, 1.807) is 35.1 Å². The van der Waals surface area contributed by atoms with Crippen LogP contribution in [0, 0.1) is 6.92 Å². The first kappa shape index (κ1) is 20.6. The Kier molecular flexibility index (Phi) is 5.71. The fourth-order valence-electron chi connectivity index (χ4n) is 2.74. The number of hydrogen-bond donors (Lipinski definition) is 1. The first-order valence-corrected chi connectivity index (χ1v) is 10.2. The van der Waals surface area contributed by atoms with Crippen molar-refractivity contribution in [2.24, 2.45) is 0 Å². The van der Waals surface area contributed by atoms with Gasteiger partial charge in [-0.15, -0.1) is 0 Å². The molecule has 0 atom stereocenters. The molecule has 0 saturated carbocycles. The van der Waals surface area contributed by atoms with Gasteiger partial charge in [0.2, 0.25) is 10.0 Å². The van der Waals surface area contributed by atoms with Gasteiger partial charge in [0.15, 0.2) is 0 Å². The number of ether oxygens (including phenoxy) is 1. The second-order valence-electron chi connectivity index (χ2n) is 6.53. The molecule has 9 heteroatoms. The predicted octanol–water partition coefficient (Wildman–Crippen LogP) is 2.69. The Morgan fingerprint density at radius 2 is 1.79 bits per heavy atom. The van der Waals surface area contributed by atoms with Crippen LogP contribution in [0.15, 0.2) is 59.6 Å². The average molecular weight is 414 g/mol. The molecule has 0 radical (unpaired) electrons. The molecule has 1 aromatic heterocycles. The van der Waals surface area contributed by atoms with Crippen LogP contribution in [0.25, 0.3) is 5.69 Å². The fourth-order valence-corrected chi connectivity index (χ4v) is 3.67. The van der Waals surface area contributed by atoms with Crippen LogP contribution in [-0.4, -0.2) is 49.6 Å². The molecular weight excluding hydrogens is 392 g/mol. The Morgan fingerprint density at radius 3 is 2.34 bits per heavy atom. The number of aromatic nitrogens is 2. The van der Waals surface area contributed by atoms with Crippen LogP contribution in [0.2, 0.25) is 0 Å². The first-order valence-electron chi connectivity index (χ1n) is 8.77. The van der Waals surface area contributed by atoms with E-state index < -0.39 is 10.0 Å². The minimum Gasteiger partial charge on any atom is -0.495 e. The Morgan fingerprint density at radius 1 is 1.10 bits per heavy atom. The smallest absolute Gasteiger partial charge is 0.255 e. The standard InChI is InChI=1S/C20H22N4O4S/c1-14-11-12-21-24(14)16-7-5-15(6-8-16)20(25)22-18-13-17(9-10-19(18)28-4)29(26,27)23(2)3/h5-13H,1-4H3,(H,22,25). The predicted molar refractivity (Wildman–Crippen MR) is 110 cm³/mol. The van der Waals surface area contributed by atoms with Crippen molar-refractivity contribution in [3.8, 4) is 11.4 Å². The van der Waals surface area contributed by atoms with E-state index in [9.17, 15) is 13.2 Å². The van der Waals surface area contributed by atoms with E-state index in [1.807, 2.05) is 13.0 Å². The highest BCUT2D eigenvalue weighted by molar-refractivity contribution is 7.89. The van der Waals surface area contributed by atoms with Crippen LogP contribution >= 0.6 is 0 Å². The Balaban J connectivity index is 1.87. The maximum Gasteiger partial charge on any atom is 0.255 e. The highest BCUT2D eigenvalue weighted by Gasteiger charge is 2.20. The normalized spacial score (nSPS) is 11.5. The van der Waals surface area contributed by atoms with Gasteiger partial charge in [-0.3, -0.25) is 4.79 Å². The lowest BCUT2D eigenvalue weighted by molar-refractivity contribution is 0.102. The van der Waals surface area contributed by atoms with Crippen LogP contribution in [0.1, 0.15) is 16.1 Å². The SMILES string of the molecule is COc1ccc(S(=O)(=O)N(C)C)cc1NC(=O)c1ccc(-n2nccc2C)cc1. The number of aryl methyl sites for hydroxylation is 1. The van der Waals surface area contributed by atoms with Crippen molar-refractivity contribution in [3.63, 3.8) is 0 Å². The molecule has 0 aliphatic heterocycles. The summed E-state index contributed by atoms with van der Waals surface area (Å²) in [6, 6.07) is 13.2. The number of anilines is 1. The van der Waals surface area contributed by atoms with Gasteiger partial charge < -0.3 is 10.1 Å². The summed E-state index contributed by atoms with van der Waals surface area (Å²) in [4.78, 5) is 12.8. The van der Waals surface area contributed by atoms with E-state index in [4.69, 9.17) is 4.74 Å². The van der Waals surface area contributed by atoms with Crippen molar-refractivity contribution < 1.29 is 17.9 Å². The molecule has 8 nitrogen and oxygen atoms in total. The van der Waals surface area contributed by atoms with Gasteiger partial charge in [0, 0.05) is 31.5 Å². The molecule has 0 spiro atoms. The van der Waals surface area contributed by atoms with Crippen molar-refractivity contribution in [2.75, 3.05) is 26.5 Å². The Hall–Kier alpha value is -3.17. The highest BCUT2D eigenvalue weighted by Crippen LogP contribution is 2.29. The zero-order valence-corrected chi connectivity index (χ0v) is 17.4. The Labute approximate surface area is 169 Å². The van der Waals surface area contributed by atoms with Gasteiger partial charge in [-0.2, -0.15) is 5.10 Å². The van der Waals surface area contributed by atoms with Crippen LogP contribution in [0.5, 0.6) is 5.75 Å². The summed E-state index contributed by atoms with van der Waals surface area (Å²) in [7, 11) is 0.698. The van der Waals surface area contributed by atoms with Crippen LogP contribution in [0.3, 0.4) is 0 Å². The molecule has 0 bridgehead atoms. The molecule has 0 aliphatic rings. The zero-order chi connectivity index (χ0) is 21.2. The number of nitrogens with one attached hydrogen (secondary N) is 1. The number of sulfonamides is 1. The van der Waals surface area contributed by atoms with Crippen molar-refractivity contribution in [2.45, 2.75) is 11.8 Å². The highest BCUT2D eigenvalue weighted by atomic mass is 32.2. The molecule has 29 heavy (non-hydrogen) atoms. The number of amides is 1. The van der Waals surface area contributed by atoms with E-state index in [2.05, 4.69) is 10.4 Å². The molecule has 3 aromatic rings. The van der Waals surface area contributed by atoms with Gasteiger partial charge in [-0.05, 0) is 55.5 Å². The summed E-state index contributed by atoms with van der Waals surface area (Å²) in [5.74, 6) is -0.0220. The lowest BCUT2D eigenvalue weighted by Gasteiger charge is -2.15. The van der Waals surface area contributed by atoms with Crippen molar-refractivity contribution in [1.82, 2.24) is 14.1 Å². The zero-order valence-electron chi connectivity index (χ0n) is 16.6. The lowest BCUT2D eigenvalue weighted by atomic mass is 10.2. The van der Waals surface area contributed by atoms with Crippen molar-refractivity contribution in [1.29, 1.82) is 0 Å². The third-order valence-electron chi connectivity index (χ3n) is 4.40. The van der Waals surface area contributed by atoms with Gasteiger partial charge in [-0.1, -0.05) is 0 Å². The number of benzene rings is 2. The summed E-state index contributed by atoms with van der Waals surface area (Å²) < 4.78 is 32.9. The van der Waals surface area contributed by atoms with E-state index in [-0.39, 0.29) is 16.5 Å². The molecule has 0 aliphatic carbocycles. The second-order valence-corrected chi connectivity index (χ2v) is 8.69.